The summed E-state index contributed by atoms with van der Waals surface area (Å²) < 4.78 is 33.6. The molecule has 0 saturated heterocycles. The Morgan fingerprint density at radius 2 is 1.58 bits per heavy atom. The smallest absolute Gasteiger partial charge is 0.478 e. The van der Waals surface area contributed by atoms with E-state index in [0.717, 1.165) is 33.7 Å². The number of hydrogen-bond acceptors (Lipinski definition) is 4. The lowest BCUT2D eigenvalue weighted by Gasteiger charge is -2.08. The van der Waals surface area contributed by atoms with Gasteiger partial charge in [0.05, 0.1) is 22.5 Å². The van der Waals surface area contributed by atoms with Gasteiger partial charge in [-0.2, -0.15) is 18.3 Å². The highest BCUT2D eigenvalue weighted by Gasteiger charge is 2.38. The number of aryl methyl sites for hydroxylation is 3. The molecule has 2 aromatic heterocycles. The van der Waals surface area contributed by atoms with Crippen molar-refractivity contribution >= 4 is 23.0 Å². The van der Waals surface area contributed by atoms with Gasteiger partial charge in [0.1, 0.15) is 11.3 Å². The van der Waals surface area contributed by atoms with E-state index in [1.165, 1.54) is 0 Å². The predicted octanol–water partition coefficient (Wildman–Crippen LogP) is 4.67. The first kappa shape index (κ1) is 23.5. The van der Waals surface area contributed by atoms with E-state index in [9.17, 15) is 23.1 Å². The van der Waals surface area contributed by atoms with Gasteiger partial charge in [0.2, 0.25) is 0 Å². The fraction of sp³-hybridized carbons (Fsp3) is 0.182. The second kappa shape index (κ2) is 8.77. The van der Waals surface area contributed by atoms with Crippen LogP contribution in [0.25, 0.3) is 27.8 Å². The molecule has 0 unspecified atom stereocenters. The summed E-state index contributed by atoms with van der Waals surface area (Å²) in [5, 5.41) is 21.1. The van der Waals surface area contributed by atoms with E-state index >= 15 is 0 Å². The van der Waals surface area contributed by atoms with Crippen LogP contribution in [0.15, 0.2) is 42.5 Å². The van der Waals surface area contributed by atoms with Gasteiger partial charge in [-0.25, -0.2) is 19.3 Å². The average Bonchev–Trinajstić information content (AvgIpc) is 3.27. The van der Waals surface area contributed by atoms with Gasteiger partial charge in [0.15, 0.2) is 0 Å². The second-order valence-corrected chi connectivity index (χ2v) is 7.24. The number of fused-ring (bicyclic) bond motifs is 1. The number of alkyl halides is 3. The molecule has 0 aliphatic rings. The number of imidazole rings is 1. The first-order valence-electron chi connectivity index (χ1n) is 9.54. The van der Waals surface area contributed by atoms with Crippen LogP contribution in [0.4, 0.5) is 13.2 Å². The SMILES string of the molecule is Cc1cc(C)n(-c2ccc(-c3cc(C(=O)O)c4nc(C)[nH]c4c3)cc2)n1.O=C(O)C(F)(F)F. The van der Waals surface area contributed by atoms with Crippen LogP contribution in [0.5, 0.6) is 0 Å². The van der Waals surface area contributed by atoms with E-state index in [0.29, 0.717) is 11.3 Å². The van der Waals surface area contributed by atoms with Crippen LogP contribution >= 0.6 is 0 Å². The minimum atomic E-state index is -5.08. The number of hydrogen-bond donors (Lipinski definition) is 3. The topological polar surface area (TPSA) is 121 Å². The van der Waals surface area contributed by atoms with Gasteiger partial charge in [0.25, 0.3) is 0 Å². The highest BCUT2D eigenvalue weighted by molar-refractivity contribution is 6.03. The van der Waals surface area contributed by atoms with E-state index in [1.54, 1.807) is 6.07 Å². The Morgan fingerprint density at radius 1 is 0.970 bits per heavy atom. The molecule has 0 amide bonds. The van der Waals surface area contributed by atoms with Crippen LogP contribution in [0.3, 0.4) is 0 Å². The number of nitrogens with one attached hydrogen (secondary N) is 1. The third-order valence-electron chi connectivity index (χ3n) is 4.63. The van der Waals surface area contributed by atoms with Gasteiger partial charge in [-0.05, 0) is 62.2 Å². The largest absolute Gasteiger partial charge is 0.490 e. The third kappa shape index (κ3) is 5.20. The third-order valence-corrected chi connectivity index (χ3v) is 4.63. The van der Waals surface area contributed by atoms with Crippen molar-refractivity contribution in [2.75, 3.05) is 0 Å². The molecule has 2 heterocycles. The number of carboxylic acids is 2. The Balaban J connectivity index is 0.000000383. The highest BCUT2D eigenvalue weighted by atomic mass is 19.4. The number of benzene rings is 2. The summed E-state index contributed by atoms with van der Waals surface area (Å²) in [6.07, 6.45) is -5.08. The van der Waals surface area contributed by atoms with Crippen LogP contribution in [0.2, 0.25) is 0 Å². The molecule has 0 aliphatic heterocycles. The number of carboxylic acid groups (broad SMARTS) is 2. The Labute approximate surface area is 185 Å². The highest BCUT2D eigenvalue weighted by Crippen LogP contribution is 2.28. The van der Waals surface area contributed by atoms with Crippen molar-refractivity contribution < 1.29 is 33.0 Å². The van der Waals surface area contributed by atoms with E-state index in [-0.39, 0.29) is 5.56 Å². The minimum absolute atomic E-state index is 0.199. The molecule has 0 atom stereocenters. The maximum Gasteiger partial charge on any atom is 0.490 e. The molecule has 172 valence electrons. The Bertz CT molecular complexity index is 1340. The molecule has 0 saturated carbocycles. The normalized spacial score (nSPS) is 11.2. The fourth-order valence-corrected chi connectivity index (χ4v) is 3.26. The zero-order chi connectivity index (χ0) is 24.5. The van der Waals surface area contributed by atoms with Crippen molar-refractivity contribution in [2.45, 2.75) is 26.9 Å². The van der Waals surface area contributed by atoms with Gasteiger partial charge in [0, 0.05) is 5.69 Å². The monoisotopic (exact) mass is 460 g/mol. The number of aromatic carboxylic acids is 1. The van der Waals surface area contributed by atoms with E-state index in [1.807, 2.05) is 61.9 Å². The zero-order valence-electron chi connectivity index (χ0n) is 17.7. The molecule has 0 spiro atoms. The van der Waals surface area contributed by atoms with Crippen LogP contribution in [0, 0.1) is 20.8 Å². The summed E-state index contributed by atoms with van der Waals surface area (Å²) in [6, 6.07) is 13.5. The number of H-pyrrole nitrogens is 1. The second-order valence-electron chi connectivity index (χ2n) is 7.24. The van der Waals surface area contributed by atoms with Crippen molar-refractivity contribution in [3.63, 3.8) is 0 Å². The molecule has 4 rings (SSSR count). The lowest BCUT2D eigenvalue weighted by molar-refractivity contribution is -0.192. The number of carbonyl (C=O) groups is 2. The maximum atomic E-state index is 11.6. The number of aromatic nitrogens is 4. The summed E-state index contributed by atoms with van der Waals surface area (Å²) in [6.45, 7) is 5.79. The molecular weight excluding hydrogens is 441 g/mol. The molecule has 0 radical (unpaired) electrons. The van der Waals surface area contributed by atoms with Crippen molar-refractivity contribution in [1.29, 1.82) is 0 Å². The Morgan fingerprint density at radius 3 is 2.06 bits per heavy atom. The fourth-order valence-electron chi connectivity index (χ4n) is 3.26. The lowest BCUT2D eigenvalue weighted by atomic mass is 10.0. The number of nitrogens with zero attached hydrogens (tertiary/aromatic N) is 3. The molecule has 4 aromatic rings. The molecule has 0 fully saturated rings. The number of halogens is 3. The first-order valence-corrected chi connectivity index (χ1v) is 9.54. The summed E-state index contributed by atoms with van der Waals surface area (Å²) in [5.41, 5.74) is 6.18. The number of aliphatic carboxylic acids is 1. The number of rotatable bonds is 3. The summed E-state index contributed by atoms with van der Waals surface area (Å²) in [4.78, 5) is 27.9. The van der Waals surface area contributed by atoms with E-state index in [2.05, 4.69) is 15.1 Å². The minimum Gasteiger partial charge on any atom is -0.478 e. The van der Waals surface area contributed by atoms with Crippen molar-refractivity contribution in [3.8, 4) is 16.8 Å². The van der Waals surface area contributed by atoms with Crippen molar-refractivity contribution in [2.24, 2.45) is 0 Å². The maximum absolute atomic E-state index is 11.6. The quantitative estimate of drug-likeness (QED) is 0.409. The number of aromatic amines is 1. The molecular formula is C22H19F3N4O4. The van der Waals surface area contributed by atoms with Gasteiger partial charge >= 0.3 is 18.1 Å². The van der Waals surface area contributed by atoms with E-state index < -0.39 is 18.1 Å². The van der Waals surface area contributed by atoms with Gasteiger partial charge in [-0.1, -0.05) is 12.1 Å². The molecule has 2 aromatic carbocycles. The van der Waals surface area contributed by atoms with Crippen molar-refractivity contribution in [1.82, 2.24) is 19.7 Å². The zero-order valence-corrected chi connectivity index (χ0v) is 17.7. The molecule has 33 heavy (non-hydrogen) atoms. The standard InChI is InChI=1S/C20H18N4O2.C2HF3O2/c1-11-8-12(2)24(23-11)16-6-4-14(5-7-16)15-9-17(20(25)26)19-18(10-15)21-13(3)22-19;3-2(4,5)1(6)7/h4-10H,1-3H3,(H,21,22)(H,25,26);(H,6,7). The molecule has 3 N–H and O–H groups in total. The predicted molar refractivity (Wildman–Crippen MR) is 114 cm³/mol. The van der Waals surface area contributed by atoms with Gasteiger partial charge in [-0.3, -0.25) is 0 Å². The van der Waals surface area contributed by atoms with Gasteiger partial charge < -0.3 is 15.2 Å². The van der Waals surface area contributed by atoms with Crippen molar-refractivity contribution in [3.05, 3.63) is 65.2 Å². The summed E-state index contributed by atoms with van der Waals surface area (Å²) in [5.74, 6) is -3.05. The molecule has 0 aliphatic carbocycles. The summed E-state index contributed by atoms with van der Waals surface area (Å²) in [7, 11) is 0. The average molecular weight is 460 g/mol. The first-order chi connectivity index (χ1) is 15.4. The summed E-state index contributed by atoms with van der Waals surface area (Å²) >= 11 is 0. The molecule has 8 nitrogen and oxygen atoms in total. The van der Waals surface area contributed by atoms with E-state index in [4.69, 9.17) is 9.90 Å². The Kier molecular flexibility index (Phi) is 6.25. The van der Waals surface area contributed by atoms with Crippen LogP contribution < -0.4 is 0 Å². The molecule has 11 heteroatoms. The van der Waals surface area contributed by atoms with Crippen LogP contribution in [-0.2, 0) is 4.79 Å². The van der Waals surface area contributed by atoms with Crippen LogP contribution in [-0.4, -0.2) is 48.1 Å². The van der Waals surface area contributed by atoms with Gasteiger partial charge in [-0.15, -0.1) is 0 Å². The lowest BCUT2D eigenvalue weighted by Crippen LogP contribution is -2.21. The molecule has 0 bridgehead atoms. The Hall–Kier alpha value is -4.15. The van der Waals surface area contributed by atoms with Crippen LogP contribution in [0.1, 0.15) is 27.6 Å².